The summed E-state index contributed by atoms with van der Waals surface area (Å²) in [6.07, 6.45) is 3.85. The van der Waals surface area contributed by atoms with Crippen LogP contribution in [0.3, 0.4) is 0 Å². The van der Waals surface area contributed by atoms with Gasteiger partial charge in [-0.25, -0.2) is 8.78 Å². The third-order valence-corrected chi connectivity index (χ3v) is 4.01. The molecule has 0 heterocycles. The van der Waals surface area contributed by atoms with E-state index in [0.29, 0.717) is 5.41 Å². The molecular weight excluding hydrogens is 262 g/mol. The first-order valence-corrected chi connectivity index (χ1v) is 6.84. The number of carbonyl (C=O) groups is 1. The van der Waals surface area contributed by atoms with Gasteiger partial charge in [0, 0.05) is 17.8 Å². The summed E-state index contributed by atoms with van der Waals surface area (Å²) in [6.45, 7) is 4.41. The number of nitrogens with two attached hydrogens (primary N) is 1. The van der Waals surface area contributed by atoms with Crippen LogP contribution in [-0.2, 0) is 0 Å². The summed E-state index contributed by atoms with van der Waals surface area (Å²) in [5.41, 5.74) is 5.83. The monoisotopic (exact) mass is 282 g/mol. The van der Waals surface area contributed by atoms with E-state index in [0.717, 1.165) is 37.8 Å². The molecule has 0 atom stereocenters. The molecule has 0 spiro atoms. The Labute approximate surface area is 117 Å². The fourth-order valence-corrected chi connectivity index (χ4v) is 2.57. The van der Waals surface area contributed by atoms with Gasteiger partial charge in [0.25, 0.3) is 5.91 Å². The summed E-state index contributed by atoms with van der Waals surface area (Å²) in [5, 5.41) is 2.85. The fourth-order valence-electron chi connectivity index (χ4n) is 2.57. The molecule has 0 saturated heterocycles. The molecule has 1 aromatic rings. The summed E-state index contributed by atoms with van der Waals surface area (Å²) in [4.78, 5) is 12.1. The van der Waals surface area contributed by atoms with Crippen molar-refractivity contribution in [3.05, 3.63) is 29.3 Å². The highest BCUT2D eigenvalue weighted by Gasteiger charge is 2.28. The van der Waals surface area contributed by atoms with Crippen LogP contribution in [0.5, 0.6) is 0 Å². The number of anilines is 1. The van der Waals surface area contributed by atoms with Crippen LogP contribution in [0.2, 0.25) is 0 Å². The molecule has 0 unspecified atom stereocenters. The second-order valence-electron chi connectivity index (χ2n) is 6.27. The molecule has 1 fully saturated rings. The molecule has 110 valence electrons. The van der Waals surface area contributed by atoms with Crippen molar-refractivity contribution in [2.75, 3.05) is 5.73 Å². The Morgan fingerprint density at radius 1 is 1.25 bits per heavy atom. The van der Waals surface area contributed by atoms with Gasteiger partial charge in [-0.3, -0.25) is 4.79 Å². The lowest BCUT2D eigenvalue weighted by Crippen LogP contribution is -2.39. The SMILES string of the molecule is CC1(C)CCC(NC(=O)c2cc(F)c(F)cc2N)CC1. The maximum atomic E-state index is 13.2. The van der Waals surface area contributed by atoms with Crippen LogP contribution in [0.4, 0.5) is 14.5 Å². The molecule has 0 bridgehead atoms. The van der Waals surface area contributed by atoms with E-state index in [4.69, 9.17) is 5.73 Å². The minimum absolute atomic E-state index is 0.00580. The second-order valence-corrected chi connectivity index (χ2v) is 6.27. The lowest BCUT2D eigenvalue weighted by atomic mass is 9.75. The van der Waals surface area contributed by atoms with Crippen molar-refractivity contribution in [3.8, 4) is 0 Å². The van der Waals surface area contributed by atoms with E-state index in [-0.39, 0.29) is 17.3 Å². The van der Waals surface area contributed by atoms with Gasteiger partial charge in [0.1, 0.15) is 0 Å². The van der Waals surface area contributed by atoms with Gasteiger partial charge in [-0.1, -0.05) is 13.8 Å². The first-order chi connectivity index (χ1) is 9.28. The van der Waals surface area contributed by atoms with E-state index in [1.54, 1.807) is 0 Å². The van der Waals surface area contributed by atoms with Crippen molar-refractivity contribution in [2.24, 2.45) is 5.41 Å². The van der Waals surface area contributed by atoms with Crippen LogP contribution in [0.15, 0.2) is 12.1 Å². The molecule has 1 amide bonds. The zero-order valence-electron chi connectivity index (χ0n) is 11.8. The number of hydrogen-bond acceptors (Lipinski definition) is 2. The smallest absolute Gasteiger partial charge is 0.253 e. The number of amides is 1. The van der Waals surface area contributed by atoms with Crippen molar-refractivity contribution < 1.29 is 13.6 Å². The number of hydrogen-bond donors (Lipinski definition) is 2. The fraction of sp³-hybridized carbons (Fsp3) is 0.533. The number of benzene rings is 1. The van der Waals surface area contributed by atoms with Crippen molar-refractivity contribution in [2.45, 2.75) is 45.6 Å². The first kappa shape index (κ1) is 14.8. The van der Waals surface area contributed by atoms with Gasteiger partial charge in [0.05, 0.1) is 5.56 Å². The molecule has 1 saturated carbocycles. The normalized spacial score (nSPS) is 18.8. The van der Waals surface area contributed by atoms with Gasteiger partial charge in [0.2, 0.25) is 0 Å². The van der Waals surface area contributed by atoms with E-state index < -0.39 is 17.5 Å². The van der Waals surface area contributed by atoms with Gasteiger partial charge >= 0.3 is 0 Å². The first-order valence-electron chi connectivity index (χ1n) is 6.84. The predicted molar refractivity (Wildman–Crippen MR) is 74.3 cm³/mol. The van der Waals surface area contributed by atoms with Crippen LogP contribution in [0, 0.1) is 17.0 Å². The van der Waals surface area contributed by atoms with Crippen molar-refractivity contribution in [1.29, 1.82) is 0 Å². The Bertz CT molecular complexity index is 519. The van der Waals surface area contributed by atoms with Crippen molar-refractivity contribution >= 4 is 11.6 Å². The third-order valence-electron chi connectivity index (χ3n) is 4.01. The summed E-state index contributed by atoms with van der Waals surface area (Å²) in [6, 6.07) is 1.77. The zero-order chi connectivity index (χ0) is 14.9. The lowest BCUT2D eigenvalue weighted by Gasteiger charge is -2.34. The molecule has 3 nitrogen and oxygen atoms in total. The molecular formula is C15H20F2N2O. The zero-order valence-corrected chi connectivity index (χ0v) is 11.8. The van der Waals surface area contributed by atoms with Gasteiger partial charge < -0.3 is 11.1 Å². The lowest BCUT2D eigenvalue weighted by molar-refractivity contribution is 0.0909. The number of carbonyl (C=O) groups excluding carboxylic acids is 1. The van der Waals surface area contributed by atoms with E-state index >= 15 is 0 Å². The Morgan fingerprint density at radius 2 is 1.80 bits per heavy atom. The predicted octanol–water partition coefficient (Wildman–Crippen LogP) is 3.25. The standard InChI is InChI=1S/C15H20F2N2O/c1-15(2)5-3-9(4-6-15)19-14(20)10-7-11(16)12(17)8-13(10)18/h7-9H,3-6,18H2,1-2H3,(H,19,20). The largest absolute Gasteiger partial charge is 0.398 e. The van der Waals surface area contributed by atoms with Crippen LogP contribution < -0.4 is 11.1 Å². The molecule has 0 aromatic heterocycles. The molecule has 1 aromatic carbocycles. The van der Waals surface area contributed by atoms with Crippen LogP contribution in [0.25, 0.3) is 0 Å². The number of rotatable bonds is 2. The Hall–Kier alpha value is -1.65. The molecule has 2 rings (SSSR count). The quantitative estimate of drug-likeness (QED) is 0.818. The van der Waals surface area contributed by atoms with E-state index in [2.05, 4.69) is 19.2 Å². The maximum Gasteiger partial charge on any atom is 0.253 e. The molecule has 1 aliphatic carbocycles. The van der Waals surface area contributed by atoms with Gasteiger partial charge in [0.15, 0.2) is 11.6 Å². The summed E-state index contributed by atoms with van der Waals surface area (Å²) in [5.74, 6) is -2.54. The average Bonchev–Trinajstić information content (AvgIpc) is 2.36. The van der Waals surface area contributed by atoms with Crippen molar-refractivity contribution in [3.63, 3.8) is 0 Å². The van der Waals surface area contributed by atoms with E-state index in [9.17, 15) is 13.6 Å². The Balaban J connectivity index is 2.04. The molecule has 3 N–H and O–H groups in total. The number of nitrogens with one attached hydrogen (secondary N) is 1. The molecule has 0 radical (unpaired) electrons. The van der Waals surface area contributed by atoms with Crippen molar-refractivity contribution in [1.82, 2.24) is 5.32 Å². The summed E-state index contributed by atoms with van der Waals surface area (Å²) in [7, 11) is 0. The van der Waals surface area contributed by atoms with Gasteiger partial charge in [-0.05, 0) is 37.2 Å². The highest BCUT2D eigenvalue weighted by molar-refractivity contribution is 5.99. The van der Waals surface area contributed by atoms with E-state index in [1.807, 2.05) is 0 Å². The maximum absolute atomic E-state index is 13.2. The molecule has 5 heteroatoms. The Morgan fingerprint density at radius 3 is 2.40 bits per heavy atom. The number of nitrogen functional groups attached to an aromatic ring is 1. The molecule has 1 aliphatic rings. The highest BCUT2D eigenvalue weighted by atomic mass is 19.2. The highest BCUT2D eigenvalue weighted by Crippen LogP contribution is 2.35. The second kappa shape index (κ2) is 5.38. The number of halogens is 2. The van der Waals surface area contributed by atoms with E-state index in [1.165, 1.54) is 0 Å². The average molecular weight is 282 g/mol. The van der Waals surface area contributed by atoms with Crippen LogP contribution in [-0.4, -0.2) is 11.9 Å². The van der Waals surface area contributed by atoms with Crippen LogP contribution in [0.1, 0.15) is 49.9 Å². The summed E-state index contributed by atoms with van der Waals surface area (Å²) < 4.78 is 26.2. The Kier molecular flexibility index (Phi) is 3.97. The molecule has 0 aliphatic heterocycles. The topological polar surface area (TPSA) is 55.1 Å². The minimum atomic E-state index is -1.06. The van der Waals surface area contributed by atoms with Gasteiger partial charge in [-0.15, -0.1) is 0 Å². The molecule has 20 heavy (non-hydrogen) atoms. The van der Waals surface area contributed by atoms with Gasteiger partial charge in [-0.2, -0.15) is 0 Å². The minimum Gasteiger partial charge on any atom is -0.398 e. The van der Waals surface area contributed by atoms with Crippen LogP contribution >= 0.6 is 0 Å². The third kappa shape index (κ3) is 3.26. The summed E-state index contributed by atoms with van der Waals surface area (Å²) >= 11 is 0.